The van der Waals surface area contributed by atoms with Crippen molar-refractivity contribution in [3.8, 4) is 5.75 Å². The van der Waals surface area contributed by atoms with Gasteiger partial charge in [-0.05, 0) is 29.5 Å². The lowest BCUT2D eigenvalue weighted by Gasteiger charge is -2.12. The van der Waals surface area contributed by atoms with Crippen LogP contribution >= 0.6 is 0 Å². The van der Waals surface area contributed by atoms with E-state index < -0.39 is 0 Å². The van der Waals surface area contributed by atoms with Crippen molar-refractivity contribution in [3.05, 3.63) is 72.3 Å². The van der Waals surface area contributed by atoms with E-state index in [2.05, 4.69) is 17.6 Å². The molecule has 24 heavy (non-hydrogen) atoms. The zero-order valence-corrected chi connectivity index (χ0v) is 13.6. The van der Waals surface area contributed by atoms with Crippen molar-refractivity contribution in [2.24, 2.45) is 0 Å². The van der Waals surface area contributed by atoms with Gasteiger partial charge in [0, 0.05) is 5.39 Å². The lowest BCUT2D eigenvalue weighted by molar-refractivity contribution is 0.234. The quantitative estimate of drug-likeness (QED) is 0.677. The molecule has 0 aliphatic rings. The second-order valence-corrected chi connectivity index (χ2v) is 5.41. The second-order valence-electron chi connectivity index (χ2n) is 5.41. The van der Waals surface area contributed by atoms with Gasteiger partial charge in [-0.15, -0.1) is 0 Å². The number of fused-ring (bicyclic) bond motifs is 1. The van der Waals surface area contributed by atoms with Crippen LogP contribution in [0.1, 0.15) is 12.5 Å². The Morgan fingerprint density at radius 2 is 1.71 bits per heavy atom. The molecule has 0 atom stereocenters. The lowest BCUT2D eigenvalue weighted by atomic mass is 10.1. The zero-order valence-electron chi connectivity index (χ0n) is 13.6. The number of urea groups is 1. The molecule has 0 aliphatic carbocycles. The highest BCUT2D eigenvalue weighted by Crippen LogP contribution is 2.22. The molecule has 0 fully saturated rings. The summed E-state index contributed by atoms with van der Waals surface area (Å²) in [6.45, 7) is 2.19. The predicted molar refractivity (Wildman–Crippen MR) is 97.4 cm³/mol. The number of rotatable bonds is 5. The van der Waals surface area contributed by atoms with Gasteiger partial charge in [0.1, 0.15) is 5.75 Å². The summed E-state index contributed by atoms with van der Waals surface area (Å²) in [4.78, 5) is 12.1. The number of amides is 2. The van der Waals surface area contributed by atoms with Crippen LogP contribution in [0, 0.1) is 0 Å². The fourth-order valence-electron chi connectivity index (χ4n) is 2.62. The van der Waals surface area contributed by atoms with Crippen LogP contribution in [-0.4, -0.2) is 12.8 Å². The lowest BCUT2D eigenvalue weighted by Crippen LogP contribution is -2.32. The molecule has 122 valence electrons. The van der Waals surface area contributed by atoms with Crippen LogP contribution in [0.5, 0.6) is 5.75 Å². The molecule has 2 amide bonds. The van der Waals surface area contributed by atoms with Gasteiger partial charge < -0.3 is 15.4 Å². The van der Waals surface area contributed by atoms with E-state index in [0.717, 1.165) is 34.2 Å². The van der Waals surface area contributed by atoms with Gasteiger partial charge in [0.25, 0.3) is 0 Å². The largest absolute Gasteiger partial charge is 0.473 e. The highest BCUT2D eigenvalue weighted by Gasteiger charge is 2.06. The summed E-state index contributed by atoms with van der Waals surface area (Å²) < 4.78 is 5.65. The van der Waals surface area contributed by atoms with Gasteiger partial charge in [-0.2, -0.15) is 0 Å². The summed E-state index contributed by atoms with van der Waals surface area (Å²) in [5, 5.41) is 7.69. The first kappa shape index (κ1) is 15.9. The highest BCUT2D eigenvalue weighted by molar-refractivity contribution is 6.01. The van der Waals surface area contributed by atoms with Crippen LogP contribution in [0.15, 0.2) is 66.7 Å². The van der Waals surface area contributed by atoms with Crippen molar-refractivity contribution in [1.29, 1.82) is 0 Å². The summed E-state index contributed by atoms with van der Waals surface area (Å²) in [7, 11) is 0. The molecular weight excluding hydrogens is 300 g/mol. The number of anilines is 1. The molecule has 0 bridgehead atoms. The van der Waals surface area contributed by atoms with E-state index >= 15 is 0 Å². The van der Waals surface area contributed by atoms with Crippen LogP contribution in [0.25, 0.3) is 10.8 Å². The number of ether oxygens (including phenoxy) is 1. The maximum Gasteiger partial charge on any atom is 0.321 e. The smallest absolute Gasteiger partial charge is 0.321 e. The van der Waals surface area contributed by atoms with Crippen molar-refractivity contribution in [2.45, 2.75) is 13.3 Å². The van der Waals surface area contributed by atoms with Crippen LogP contribution in [0.3, 0.4) is 0 Å². The maximum absolute atomic E-state index is 12.1. The molecule has 0 heterocycles. The van der Waals surface area contributed by atoms with E-state index in [-0.39, 0.29) is 12.8 Å². The molecule has 0 unspecified atom stereocenters. The Hall–Kier alpha value is -3.01. The van der Waals surface area contributed by atoms with Gasteiger partial charge in [-0.1, -0.05) is 61.5 Å². The topological polar surface area (TPSA) is 50.4 Å². The van der Waals surface area contributed by atoms with Gasteiger partial charge in [0.2, 0.25) is 0 Å². The van der Waals surface area contributed by atoms with E-state index in [0.29, 0.717) is 0 Å². The maximum atomic E-state index is 12.1. The van der Waals surface area contributed by atoms with Gasteiger partial charge >= 0.3 is 6.03 Å². The van der Waals surface area contributed by atoms with Gasteiger partial charge in [0.15, 0.2) is 6.73 Å². The number of aryl methyl sites for hydroxylation is 1. The van der Waals surface area contributed by atoms with Crippen LogP contribution in [-0.2, 0) is 6.42 Å². The SMILES string of the molecule is CCc1ccccc1OCNC(=O)Nc1cccc2ccccc12. The molecule has 0 spiro atoms. The van der Waals surface area contributed by atoms with E-state index in [9.17, 15) is 4.79 Å². The third-order valence-electron chi connectivity index (χ3n) is 3.85. The minimum Gasteiger partial charge on any atom is -0.473 e. The molecule has 0 saturated carbocycles. The monoisotopic (exact) mass is 320 g/mol. The number of hydrogen-bond acceptors (Lipinski definition) is 2. The Kier molecular flexibility index (Phi) is 4.96. The first-order valence-corrected chi connectivity index (χ1v) is 8.01. The summed E-state index contributed by atoms with van der Waals surface area (Å²) in [6.07, 6.45) is 0.887. The van der Waals surface area contributed by atoms with Crippen molar-refractivity contribution < 1.29 is 9.53 Å². The van der Waals surface area contributed by atoms with Crippen molar-refractivity contribution in [3.63, 3.8) is 0 Å². The van der Waals surface area contributed by atoms with Gasteiger partial charge in [-0.25, -0.2) is 4.79 Å². The van der Waals surface area contributed by atoms with E-state index in [1.165, 1.54) is 0 Å². The minimum atomic E-state index is -0.291. The molecule has 0 saturated heterocycles. The minimum absolute atomic E-state index is 0.119. The average molecular weight is 320 g/mol. The van der Waals surface area contributed by atoms with Crippen LogP contribution in [0.4, 0.5) is 10.5 Å². The van der Waals surface area contributed by atoms with E-state index in [1.54, 1.807) is 0 Å². The Morgan fingerprint density at radius 1 is 0.958 bits per heavy atom. The molecular formula is C20H20N2O2. The molecule has 4 nitrogen and oxygen atoms in total. The number of benzene rings is 3. The molecule has 3 aromatic carbocycles. The number of para-hydroxylation sites is 1. The first-order valence-electron chi connectivity index (χ1n) is 8.01. The summed E-state index contributed by atoms with van der Waals surface area (Å²) in [6, 6.07) is 21.3. The Labute approximate surface area is 141 Å². The standard InChI is InChI=1S/C20H20N2O2/c1-2-15-8-4-6-13-19(15)24-14-21-20(23)22-18-12-7-10-16-9-3-5-11-17(16)18/h3-13H,2,14H2,1H3,(H2,21,22,23). The summed E-state index contributed by atoms with van der Waals surface area (Å²) >= 11 is 0. The molecule has 0 aromatic heterocycles. The first-order chi connectivity index (χ1) is 11.8. The van der Waals surface area contributed by atoms with Crippen LogP contribution < -0.4 is 15.4 Å². The number of nitrogens with one attached hydrogen (secondary N) is 2. The fourth-order valence-corrected chi connectivity index (χ4v) is 2.62. The molecule has 4 heteroatoms. The number of carbonyl (C=O) groups excluding carboxylic acids is 1. The summed E-state index contributed by atoms with van der Waals surface area (Å²) in [5.41, 5.74) is 1.90. The Balaban J connectivity index is 1.59. The summed E-state index contributed by atoms with van der Waals surface area (Å²) in [5.74, 6) is 0.797. The second kappa shape index (κ2) is 7.51. The molecule has 3 aromatic rings. The van der Waals surface area contributed by atoms with Crippen molar-refractivity contribution in [1.82, 2.24) is 5.32 Å². The molecule has 2 N–H and O–H groups in total. The normalized spacial score (nSPS) is 10.4. The van der Waals surface area contributed by atoms with Crippen molar-refractivity contribution >= 4 is 22.5 Å². The van der Waals surface area contributed by atoms with Crippen molar-refractivity contribution in [2.75, 3.05) is 12.0 Å². The third kappa shape index (κ3) is 3.66. The van der Waals surface area contributed by atoms with E-state index in [1.807, 2.05) is 66.7 Å². The van der Waals surface area contributed by atoms with Gasteiger partial charge in [0.05, 0.1) is 5.69 Å². The predicted octanol–water partition coefficient (Wildman–Crippen LogP) is 4.56. The third-order valence-corrected chi connectivity index (χ3v) is 3.85. The molecule has 0 radical (unpaired) electrons. The average Bonchev–Trinajstić information content (AvgIpc) is 2.62. The molecule has 3 rings (SSSR count). The van der Waals surface area contributed by atoms with Crippen LogP contribution in [0.2, 0.25) is 0 Å². The Bertz CT molecular complexity index is 840. The number of carbonyl (C=O) groups is 1. The number of hydrogen-bond donors (Lipinski definition) is 2. The highest BCUT2D eigenvalue weighted by atomic mass is 16.5. The zero-order chi connectivity index (χ0) is 16.8. The Morgan fingerprint density at radius 3 is 2.58 bits per heavy atom. The van der Waals surface area contributed by atoms with Gasteiger partial charge in [-0.3, -0.25) is 0 Å². The fraction of sp³-hybridized carbons (Fsp3) is 0.150. The van der Waals surface area contributed by atoms with E-state index in [4.69, 9.17) is 4.74 Å². The molecule has 0 aliphatic heterocycles.